The SMILES string of the molecule is O=C(CBr)Cc1ccc(I)c(F)c1. The highest BCUT2D eigenvalue weighted by Crippen LogP contribution is 2.13. The van der Waals surface area contributed by atoms with Crippen LogP contribution >= 0.6 is 38.5 Å². The van der Waals surface area contributed by atoms with Gasteiger partial charge in [0.1, 0.15) is 11.6 Å². The molecule has 0 saturated carbocycles. The van der Waals surface area contributed by atoms with Crippen molar-refractivity contribution >= 4 is 44.3 Å². The van der Waals surface area contributed by atoms with Crippen molar-refractivity contribution in [2.24, 2.45) is 0 Å². The lowest BCUT2D eigenvalue weighted by Gasteiger charge is -1.99. The highest BCUT2D eigenvalue weighted by molar-refractivity contribution is 14.1. The van der Waals surface area contributed by atoms with E-state index in [-0.39, 0.29) is 11.6 Å². The molecule has 1 aromatic carbocycles. The summed E-state index contributed by atoms with van der Waals surface area (Å²) in [4.78, 5) is 11.0. The van der Waals surface area contributed by atoms with Gasteiger partial charge in [0, 0.05) is 9.99 Å². The van der Waals surface area contributed by atoms with E-state index in [0.717, 1.165) is 5.56 Å². The van der Waals surface area contributed by atoms with Crippen LogP contribution in [0, 0.1) is 9.39 Å². The first-order chi connectivity index (χ1) is 6.13. The van der Waals surface area contributed by atoms with Crippen molar-refractivity contribution in [3.63, 3.8) is 0 Å². The summed E-state index contributed by atoms with van der Waals surface area (Å²) in [7, 11) is 0. The summed E-state index contributed by atoms with van der Waals surface area (Å²) in [5, 5.41) is 0.320. The molecular weight excluding hydrogens is 350 g/mol. The van der Waals surface area contributed by atoms with E-state index in [2.05, 4.69) is 15.9 Å². The number of carbonyl (C=O) groups excluding carboxylic acids is 1. The average molecular weight is 357 g/mol. The van der Waals surface area contributed by atoms with E-state index in [1.165, 1.54) is 6.07 Å². The number of halogens is 3. The minimum atomic E-state index is -0.263. The van der Waals surface area contributed by atoms with Gasteiger partial charge in [0.15, 0.2) is 0 Å². The van der Waals surface area contributed by atoms with Gasteiger partial charge in [-0.25, -0.2) is 4.39 Å². The molecule has 0 atom stereocenters. The number of rotatable bonds is 3. The van der Waals surface area contributed by atoms with Gasteiger partial charge in [-0.15, -0.1) is 0 Å². The third kappa shape index (κ3) is 3.34. The zero-order chi connectivity index (χ0) is 9.84. The Hall–Kier alpha value is 0.0300. The zero-order valence-electron chi connectivity index (χ0n) is 6.69. The molecule has 1 nitrogen and oxygen atoms in total. The average Bonchev–Trinajstić information content (AvgIpc) is 2.11. The molecule has 0 aliphatic carbocycles. The fourth-order valence-corrected chi connectivity index (χ4v) is 1.46. The summed E-state index contributed by atoms with van der Waals surface area (Å²) in [6, 6.07) is 4.85. The first kappa shape index (κ1) is 11.1. The summed E-state index contributed by atoms with van der Waals surface area (Å²) in [5.41, 5.74) is 0.724. The van der Waals surface area contributed by atoms with Crippen molar-refractivity contribution in [2.75, 3.05) is 5.33 Å². The molecule has 0 amide bonds. The Morgan fingerprint density at radius 2 is 2.23 bits per heavy atom. The van der Waals surface area contributed by atoms with Crippen LogP contribution < -0.4 is 0 Å². The lowest BCUT2D eigenvalue weighted by Crippen LogP contribution is -2.03. The van der Waals surface area contributed by atoms with Gasteiger partial charge < -0.3 is 0 Å². The number of Topliss-reactive ketones (excluding diaryl/α,β-unsaturated/α-hetero) is 1. The Kier molecular flexibility index (Phi) is 4.31. The van der Waals surface area contributed by atoms with Crippen LogP contribution in [0.25, 0.3) is 0 Å². The van der Waals surface area contributed by atoms with E-state index in [1.807, 2.05) is 22.6 Å². The summed E-state index contributed by atoms with van der Waals surface area (Å²) in [6.07, 6.45) is 0.291. The molecule has 0 spiro atoms. The van der Waals surface area contributed by atoms with Gasteiger partial charge in [0.05, 0.1) is 5.33 Å². The molecule has 0 aliphatic heterocycles. The van der Waals surface area contributed by atoms with E-state index in [9.17, 15) is 9.18 Å². The van der Waals surface area contributed by atoms with Crippen molar-refractivity contribution < 1.29 is 9.18 Å². The highest BCUT2D eigenvalue weighted by Gasteiger charge is 2.04. The number of carbonyl (C=O) groups is 1. The maximum absolute atomic E-state index is 13.0. The Labute approximate surface area is 98.0 Å². The summed E-state index contributed by atoms with van der Waals surface area (Å²) < 4.78 is 13.6. The van der Waals surface area contributed by atoms with Crippen LogP contribution in [0.4, 0.5) is 4.39 Å². The van der Waals surface area contributed by atoms with Crippen molar-refractivity contribution in [3.8, 4) is 0 Å². The smallest absolute Gasteiger partial charge is 0.147 e. The summed E-state index contributed by atoms with van der Waals surface area (Å²) >= 11 is 4.98. The van der Waals surface area contributed by atoms with E-state index in [4.69, 9.17) is 0 Å². The van der Waals surface area contributed by atoms with Crippen molar-refractivity contribution in [1.82, 2.24) is 0 Å². The predicted molar refractivity (Wildman–Crippen MR) is 61.6 cm³/mol. The second-order valence-electron chi connectivity index (χ2n) is 2.60. The first-order valence-electron chi connectivity index (χ1n) is 3.65. The highest BCUT2D eigenvalue weighted by atomic mass is 127. The summed E-state index contributed by atoms with van der Waals surface area (Å²) in [6.45, 7) is 0. The van der Waals surface area contributed by atoms with Crippen molar-refractivity contribution in [2.45, 2.75) is 6.42 Å². The molecule has 13 heavy (non-hydrogen) atoms. The Balaban J connectivity index is 2.79. The lowest BCUT2D eigenvalue weighted by atomic mass is 10.1. The largest absolute Gasteiger partial charge is 0.298 e. The van der Waals surface area contributed by atoms with Gasteiger partial charge in [0.25, 0.3) is 0 Å². The maximum Gasteiger partial charge on any atom is 0.147 e. The van der Waals surface area contributed by atoms with Gasteiger partial charge in [0.2, 0.25) is 0 Å². The number of ketones is 1. The molecule has 0 radical (unpaired) electrons. The second-order valence-corrected chi connectivity index (χ2v) is 4.32. The monoisotopic (exact) mass is 356 g/mol. The quantitative estimate of drug-likeness (QED) is 0.601. The molecule has 0 saturated heterocycles. The first-order valence-corrected chi connectivity index (χ1v) is 5.85. The molecule has 1 rings (SSSR count). The molecule has 0 aliphatic rings. The number of alkyl halides is 1. The normalized spacial score (nSPS) is 10.1. The fraction of sp³-hybridized carbons (Fsp3) is 0.222. The van der Waals surface area contributed by atoms with E-state index in [0.29, 0.717) is 15.3 Å². The van der Waals surface area contributed by atoms with E-state index >= 15 is 0 Å². The lowest BCUT2D eigenvalue weighted by molar-refractivity contribution is -0.115. The van der Waals surface area contributed by atoms with Crippen LogP contribution in [-0.4, -0.2) is 11.1 Å². The molecule has 0 unspecified atom stereocenters. The molecule has 0 N–H and O–H groups in total. The molecule has 0 fully saturated rings. The topological polar surface area (TPSA) is 17.1 Å². The molecule has 0 bridgehead atoms. The van der Waals surface area contributed by atoms with Gasteiger partial charge in [-0.2, -0.15) is 0 Å². The van der Waals surface area contributed by atoms with Gasteiger partial charge in [-0.05, 0) is 40.3 Å². The van der Waals surface area contributed by atoms with Crippen LogP contribution in [0.5, 0.6) is 0 Å². The Bertz CT molecular complexity index is 327. The zero-order valence-corrected chi connectivity index (χ0v) is 10.4. The van der Waals surface area contributed by atoms with Crippen LogP contribution in [0.15, 0.2) is 18.2 Å². The molecular formula is C9H7BrFIO. The maximum atomic E-state index is 13.0. The van der Waals surface area contributed by atoms with E-state index < -0.39 is 0 Å². The van der Waals surface area contributed by atoms with Gasteiger partial charge in [-0.3, -0.25) is 4.79 Å². The van der Waals surface area contributed by atoms with Gasteiger partial charge in [-0.1, -0.05) is 22.0 Å². The Morgan fingerprint density at radius 1 is 1.54 bits per heavy atom. The van der Waals surface area contributed by atoms with Gasteiger partial charge >= 0.3 is 0 Å². The molecule has 1 aromatic rings. The minimum absolute atomic E-state index is 0.0561. The van der Waals surface area contributed by atoms with Crippen molar-refractivity contribution in [3.05, 3.63) is 33.1 Å². The number of benzene rings is 1. The van der Waals surface area contributed by atoms with Crippen LogP contribution in [0.1, 0.15) is 5.56 Å². The molecule has 70 valence electrons. The molecule has 0 heterocycles. The second kappa shape index (κ2) is 5.05. The molecule has 0 aromatic heterocycles. The van der Waals surface area contributed by atoms with Crippen LogP contribution in [0.3, 0.4) is 0 Å². The molecule has 4 heteroatoms. The standard InChI is InChI=1S/C9H7BrFIO/c10-5-7(13)3-6-1-2-9(12)8(11)4-6/h1-2,4H,3,5H2. The van der Waals surface area contributed by atoms with E-state index in [1.54, 1.807) is 12.1 Å². The number of hydrogen-bond donors (Lipinski definition) is 0. The van der Waals surface area contributed by atoms with Crippen molar-refractivity contribution in [1.29, 1.82) is 0 Å². The fourth-order valence-electron chi connectivity index (χ4n) is 0.925. The van der Waals surface area contributed by atoms with Crippen LogP contribution in [0.2, 0.25) is 0 Å². The third-order valence-corrected chi connectivity index (χ3v) is 3.03. The van der Waals surface area contributed by atoms with Crippen LogP contribution in [-0.2, 0) is 11.2 Å². The predicted octanol–water partition coefficient (Wildman–Crippen LogP) is 2.94. The minimum Gasteiger partial charge on any atom is -0.298 e. The summed E-state index contributed by atoms with van der Waals surface area (Å²) in [5.74, 6) is -0.207. The Morgan fingerprint density at radius 3 is 2.77 bits per heavy atom. The number of hydrogen-bond acceptors (Lipinski definition) is 1. The third-order valence-electron chi connectivity index (χ3n) is 1.53.